The van der Waals surface area contributed by atoms with E-state index in [1.165, 1.54) is 0 Å². The fourth-order valence-electron chi connectivity index (χ4n) is 2.09. The second kappa shape index (κ2) is 5.66. The van der Waals surface area contributed by atoms with Gasteiger partial charge in [-0.2, -0.15) is 0 Å². The molecule has 0 aliphatic rings. The molecule has 0 spiro atoms. The molecule has 0 bridgehead atoms. The molecule has 0 radical (unpaired) electrons. The van der Waals surface area contributed by atoms with Gasteiger partial charge in [-0.1, -0.05) is 31.2 Å². The summed E-state index contributed by atoms with van der Waals surface area (Å²) in [4.78, 5) is 15.0. The number of hydrogen-bond donors (Lipinski definition) is 3. The van der Waals surface area contributed by atoms with E-state index in [-0.39, 0.29) is 11.8 Å². The molecule has 1 amide bonds. The Hall–Kier alpha value is -2.47. The van der Waals surface area contributed by atoms with Crippen molar-refractivity contribution in [2.45, 2.75) is 18.9 Å². The Morgan fingerprint density at radius 2 is 2.05 bits per heavy atom. The van der Waals surface area contributed by atoms with Crippen molar-refractivity contribution in [1.82, 2.24) is 4.98 Å². The van der Waals surface area contributed by atoms with Gasteiger partial charge in [0.05, 0.1) is 11.6 Å². The van der Waals surface area contributed by atoms with Gasteiger partial charge in [-0.15, -0.1) is 0 Å². The van der Waals surface area contributed by atoms with Gasteiger partial charge < -0.3 is 16.2 Å². The minimum atomic E-state index is -1.03. The van der Waals surface area contributed by atoms with E-state index in [2.05, 4.69) is 9.72 Å². The molecule has 0 aliphatic heterocycles. The summed E-state index contributed by atoms with van der Waals surface area (Å²) in [5.41, 5.74) is 12.6. The van der Waals surface area contributed by atoms with Gasteiger partial charge in [-0.25, -0.2) is 4.79 Å². The van der Waals surface area contributed by atoms with Crippen molar-refractivity contribution in [2.75, 3.05) is 0 Å². The number of nitrogens with one attached hydrogen (secondary N) is 1. The molecule has 2 atom stereocenters. The first kappa shape index (κ1) is 14.0. The fourth-order valence-corrected chi connectivity index (χ4v) is 2.09. The summed E-state index contributed by atoms with van der Waals surface area (Å²) < 4.78 is 4.54. The smallest absolute Gasteiger partial charge is 0.394 e. The number of benzene rings is 1. The predicted octanol–water partition coefficient (Wildman–Crippen LogP) is 1.74. The van der Waals surface area contributed by atoms with E-state index in [9.17, 15) is 4.79 Å². The number of fused-ring (bicyclic) bond motifs is 1. The van der Waals surface area contributed by atoms with Crippen molar-refractivity contribution < 1.29 is 9.53 Å². The van der Waals surface area contributed by atoms with Crippen LogP contribution in [0.15, 0.2) is 36.5 Å². The van der Waals surface area contributed by atoms with Gasteiger partial charge >= 0.3 is 6.09 Å². The van der Waals surface area contributed by atoms with Crippen LogP contribution in [0.3, 0.4) is 0 Å². The SMILES string of the molecule is CC(c1cccc2cccnc12)C(N)C(=N)OC(N)=O. The number of nitrogens with two attached hydrogens (primary N) is 2. The summed E-state index contributed by atoms with van der Waals surface area (Å²) in [6.07, 6.45) is 0.670. The van der Waals surface area contributed by atoms with Crippen molar-refractivity contribution in [1.29, 1.82) is 5.41 Å². The first-order valence-corrected chi connectivity index (χ1v) is 6.15. The lowest BCUT2D eigenvalue weighted by atomic mass is 9.91. The van der Waals surface area contributed by atoms with Crippen LogP contribution in [0.2, 0.25) is 0 Å². The van der Waals surface area contributed by atoms with Gasteiger partial charge in [0.15, 0.2) is 0 Å². The highest BCUT2D eigenvalue weighted by atomic mass is 16.6. The molecule has 2 aromatic rings. The number of primary amides is 1. The number of pyridine rings is 1. The second-order valence-electron chi connectivity index (χ2n) is 4.52. The maximum absolute atomic E-state index is 10.7. The van der Waals surface area contributed by atoms with Crippen LogP contribution in [-0.2, 0) is 4.74 Å². The van der Waals surface area contributed by atoms with Crippen LogP contribution < -0.4 is 11.5 Å². The number of carbonyl (C=O) groups is 1. The maximum Gasteiger partial charge on any atom is 0.411 e. The summed E-state index contributed by atoms with van der Waals surface area (Å²) in [5, 5.41) is 8.64. The number of carbonyl (C=O) groups excluding carboxylic acids is 1. The van der Waals surface area contributed by atoms with E-state index in [4.69, 9.17) is 16.9 Å². The minimum absolute atomic E-state index is 0.236. The Labute approximate surface area is 116 Å². The predicted molar refractivity (Wildman–Crippen MR) is 76.5 cm³/mol. The summed E-state index contributed by atoms with van der Waals surface area (Å²) in [5.74, 6) is -0.585. The Bertz CT molecular complexity index is 651. The number of nitrogens with zero attached hydrogens (tertiary/aromatic N) is 1. The molecule has 6 heteroatoms. The summed E-state index contributed by atoms with van der Waals surface area (Å²) >= 11 is 0. The van der Waals surface area contributed by atoms with Crippen LogP contribution in [0.1, 0.15) is 18.4 Å². The number of amides is 1. The number of para-hydroxylation sites is 1. The van der Waals surface area contributed by atoms with E-state index in [1.54, 1.807) is 6.20 Å². The molecule has 1 aromatic carbocycles. The van der Waals surface area contributed by atoms with Crippen LogP contribution in [-0.4, -0.2) is 23.0 Å². The Balaban J connectivity index is 2.33. The van der Waals surface area contributed by atoms with Crippen LogP contribution >= 0.6 is 0 Å². The zero-order valence-corrected chi connectivity index (χ0v) is 11.0. The van der Waals surface area contributed by atoms with Gasteiger partial charge in [0, 0.05) is 17.5 Å². The zero-order valence-electron chi connectivity index (χ0n) is 11.0. The Kier molecular flexibility index (Phi) is 3.95. The van der Waals surface area contributed by atoms with Gasteiger partial charge in [0.1, 0.15) is 0 Å². The third-order valence-corrected chi connectivity index (χ3v) is 3.21. The van der Waals surface area contributed by atoms with Crippen molar-refractivity contribution >= 4 is 22.9 Å². The normalized spacial score (nSPS) is 13.7. The van der Waals surface area contributed by atoms with E-state index in [0.29, 0.717) is 0 Å². The Morgan fingerprint density at radius 1 is 1.35 bits per heavy atom. The number of ether oxygens (including phenoxy) is 1. The highest BCUT2D eigenvalue weighted by Gasteiger charge is 2.23. The van der Waals surface area contributed by atoms with Gasteiger partial charge in [-0.3, -0.25) is 10.4 Å². The zero-order chi connectivity index (χ0) is 14.7. The third-order valence-electron chi connectivity index (χ3n) is 3.21. The number of hydrogen-bond acceptors (Lipinski definition) is 5. The highest BCUT2D eigenvalue weighted by Crippen LogP contribution is 2.26. The average molecular weight is 272 g/mol. The summed E-state index contributed by atoms with van der Waals surface area (Å²) in [7, 11) is 0. The van der Waals surface area contributed by atoms with Crippen molar-refractivity contribution in [3.05, 3.63) is 42.1 Å². The van der Waals surface area contributed by atoms with Crippen molar-refractivity contribution in [3.8, 4) is 0 Å². The molecule has 0 aliphatic carbocycles. The molecule has 2 rings (SSSR count). The molecular weight excluding hydrogens is 256 g/mol. The average Bonchev–Trinajstić information content (AvgIpc) is 2.44. The molecule has 0 saturated heterocycles. The van der Waals surface area contributed by atoms with E-state index >= 15 is 0 Å². The van der Waals surface area contributed by atoms with Crippen molar-refractivity contribution in [2.24, 2.45) is 11.5 Å². The first-order chi connectivity index (χ1) is 9.50. The second-order valence-corrected chi connectivity index (χ2v) is 4.52. The molecule has 0 fully saturated rings. The quantitative estimate of drug-likeness (QED) is 0.583. The molecular formula is C14H16N4O2. The highest BCUT2D eigenvalue weighted by molar-refractivity contribution is 5.90. The molecule has 20 heavy (non-hydrogen) atoms. The van der Waals surface area contributed by atoms with Crippen LogP contribution in [0.25, 0.3) is 10.9 Å². The lowest BCUT2D eigenvalue weighted by Gasteiger charge is -2.20. The molecule has 1 aromatic heterocycles. The molecule has 2 unspecified atom stereocenters. The van der Waals surface area contributed by atoms with E-state index < -0.39 is 12.1 Å². The number of rotatable bonds is 3. The fraction of sp³-hybridized carbons (Fsp3) is 0.214. The monoisotopic (exact) mass is 272 g/mol. The molecule has 104 valence electrons. The van der Waals surface area contributed by atoms with Crippen molar-refractivity contribution in [3.63, 3.8) is 0 Å². The Morgan fingerprint density at radius 3 is 2.75 bits per heavy atom. The molecule has 6 nitrogen and oxygen atoms in total. The standard InChI is InChI=1S/C14H16N4O2/c1-8(11(15)13(16)20-14(17)19)10-6-2-4-9-5-3-7-18-12(9)10/h2-8,11,16H,15H2,1H3,(H2,17,19). The minimum Gasteiger partial charge on any atom is -0.394 e. The number of aromatic nitrogens is 1. The molecule has 5 N–H and O–H groups in total. The van der Waals surface area contributed by atoms with Crippen LogP contribution in [0.5, 0.6) is 0 Å². The van der Waals surface area contributed by atoms with E-state index in [1.807, 2.05) is 37.3 Å². The van der Waals surface area contributed by atoms with Gasteiger partial charge in [0.25, 0.3) is 0 Å². The summed E-state index contributed by atoms with van der Waals surface area (Å²) in [6, 6.07) is 8.80. The lowest BCUT2D eigenvalue weighted by Crippen LogP contribution is -2.38. The third kappa shape index (κ3) is 2.75. The van der Waals surface area contributed by atoms with Gasteiger partial charge in [0.2, 0.25) is 5.90 Å². The maximum atomic E-state index is 10.7. The largest absolute Gasteiger partial charge is 0.411 e. The van der Waals surface area contributed by atoms with Crippen LogP contribution in [0, 0.1) is 5.41 Å². The molecule has 0 saturated carbocycles. The molecule has 1 heterocycles. The van der Waals surface area contributed by atoms with Gasteiger partial charge in [-0.05, 0) is 11.6 Å². The first-order valence-electron chi connectivity index (χ1n) is 6.15. The van der Waals surface area contributed by atoms with E-state index in [0.717, 1.165) is 16.5 Å². The topological polar surface area (TPSA) is 115 Å². The van der Waals surface area contributed by atoms with Crippen LogP contribution in [0.4, 0.5) is 4.79 Å². The summed E-state index contributed by atoms with van der Waals surface area (Å²) in [6.45, 7) is 1.85. The lowest BCUT2D eigenvalue weighted by molar-refractivity contribution is 0.204.